The molecule has 1 fully saturated rings. The Morgan fingerprint density at radius 2 is 1.67 bits per heavy atom. The van der Waals surface area contributed by atoms with Crippen molar-refractivity contribution < 1.29 is 14.2 Å². The predicted molar refractivity (Wildman–Crippen MR) is 133 cm³/mol. The molecule has 1 heterocycles. The molecule has 3 aromatic rings. The molecule has 0 radical (unpaired) electrons. The van der Waals surface area contributed by atoms with Crippen molar-refractivity contribution in [3.05, 3.63) is 101 Å². The van der Waals surface area contributed by atoms with Gasteiger partial charge in [0.2, 0.25) is 0 Å². The molecular formula is C29H35NO3. The van der Waals surface area contributed by atoms with Gasteiger partial charge in [-0.05, 0) is 48.7 Å². The van der Waals surface area contributed by atoms with Gasteiger partial charge >= 0.3 is 0 Å². The van der Waals surface area contributed by atoms with E-state index in [1.54, 1.807) is 0 Å². The molecule has 2 atom stereocenters. The molecule has 0 spiro atoms. The molecule has 0 bridgehead atoms. The van der Waals surface area contributed by atoms with E-state index in [0.29, 0.717) is 32.3 Å². The van der Waals surface area contributed by atoms with E-state index in [9.17, 15) is 0 Å². The van der Waals surface area contributed by atoms with Gasteiger partial charge in [-0.2, -0.15) is 0 Å². The molecule has 0 amide bonds. The van der Waals surface area contributed by atoms with Crippen LogP contribution in [0.5, 0.6) is 5.75 Å². The fraction of sp³-hybridized carbons (Fsp3) is 0.379. The Morgan fingerprint density at radius 1 is 0.848 bits per heavy atom. The number of ether oxygens (including phenoxy) is 3. The van der Waals surface area contributed by atoms with Gasteiger partial charge in [0.25, 0.3) is 0 Å². The summed E-state index contributed by atoms with van der Waals surface area (Å²) in [6.45, 7) is 6.69. The molecule has 174 valence electrons. The summed E-state index contributed by atoms with van der Waals surface area (Å²) in [7, 11) is 0. The Kier molecular flexibility index (Phi) is 8.93. The van der Waals surface area contributed by atoms with E-state index in [2.05, 4.69) is 72.9 Å². The van der Waals surface area contributed by atoms with Gasteiger partial charge in [0, 0.05) is 18.9 Å². The lowest BCUT2D eigenvalue weighted by atomic mass is 9.87. The SMILES string of the molecule is Cc1cccc(COC2CNCCC2c2ccc(OCCCOCc3ccccc3)cc2)c1. The van der Waals surface area contributed by atoms with Crippen LogP contribution in [-0.4, -0.2) is 32.4 Å². The van der Waals surface area contributed by atoms with Crippen LogP contribution >= 0.6 is 0 Å². The Hall–Kier alpha value is -2.66. The Morgan fingerprint density at radius 3 is 2.48 bits per heavy atom. The van der Waals surface area contributed by atoms with Gasteiger partial charge in [-0.25, -0.2) is 0 Å². The summed E-state index contributed by atoms with van der Waals surface area (Å²) in [5.74, 6) is 1.31. The Labute approximate surface area is 197 Å². The van der Waals surface area contributed by atoms with Crippen LogP contribution in [0.1, 0.15) is 41.0 Å². The second-order valence-electron chi connectivity index (χ2n) is 8.75. The fourth-order valence-electron chi connectivity index (χ4n) is 4.32. The van der Waals surface area contributed by atoms with Crippen molar-refractivity contribution in [1.29, 1.82) is 0 Å². The van der Waals surface area contributed by atoms with Crippen LogP contribution in [0.2, 0.25) is 0 Å². The normalized spacial score (nSPS) is 18.2. The molecule has 1 aliphatic rings. The highest BCUT2D eigenvalue weighted by Crippen LogP contribution is 2.29. The number of rotatable bonds is 11. The highest BCUT2D eigenvalue weighted by Gasteiger charge is 2.27. The van der Waals surface area contributed by atoms with Crippen molar-refractivity contribution >= 4 is 0 Å². The van der Waals surface area contributed by atoms with Gasteiger partial charge in [0.05, 0.1) is 32.5 Å². The van der Waals surface area contributed by atoms with E-state index < -0.39 is 0 Å². The number of hydrogen-bond donors (Lipinski definition) is 1. The predicted octanol–water partition coefficient (Wildman–Crippen LogP) is 5.64. The van der Waals surface area contributed by atoms with Gasteiger partial charge in [-0.1, -0.05) is 72.3 Å². The summed E-state index contributed by atoms with van der Waals surface area (Å²) in [5.41, 5.74) is 5.03. The summed E-state index contributed by atoms with van der Waals surface area (Å²) in [6, 6.07) is 27.4. The smallest absolute Gasteiger partial charge is 0.119 e. The maximum atomic E-state index is 6.35. The summed E-state index contributed by atoms with van der Waals surface area (Å²) >= 11 is 0. The number of piperidine rings is 1. The van der Waals surface area contributed by atoms with Crippen LogP contribution in [-0.2, 0) is 22.7 Å². The van der Waals surface area contributed by atoms with E-state index >= 15 is 0 Å². The summed E-state index contributed by atoms with van der Waals surface area (Å²) in [6.07, 6.45) is 2.13. The van der Waals surface area contributed by atoms with Gasteiger partial charge in [-0.15, -0.1) is 0 Å². The van der Waals surface area contributed by atoms with Crippen molar-refractivity contribution in [1.82, 2.24) is 5.32 Å². The maximum Gasteiger partial charge on any atom is 0.119 e. The first kappa shape index (κ1) is 23.5. The topological polar surface area (TPSA) is 39.7 Å². The molecular weight excluding hydrogens is 410 g/mol. The quantitative estimate of drug-likeness (QED) is 0.388. The summed E-state index contributed by atoms with van der Waals surface area (Å²) in [5, 5.41) is 3.49. The molecule has 1 N–H and O–H groups in total. The standard InChI is InChI=1S/C29H35NO3/c1-23-7-5-10-25(19-23)22-33-29-20-30-16-15-28(29)26-11-13-27(14-12-26)32-18-6-17-31-21-24-8-3-2-4-9-24/h2-5,7-14,19,28-30H,6,15-18,20-22H2,1H3. The van der Waals surface area contributed by atoms with Gasteiger partial charge in [0.1, 0.15) is 5.75 Å². The Bertz CT molecular complexity index is 958. The largest absolute Gasteiger partial charge is 0.494 e. The van der Waals surface area contributed by atoms with E-state index in [1.807, 2.05) is 18.2 Å². The lowest BCUT2D eigenvalue weighted by molar-refractivity contribution is 0.0106. The third-order valence-corrected chi connectivity index (χ3v) is 6.09. The zero-order chi connectivity index (χ0) is 22.7. The highest BCUT2D eigenvalue weighted by atomic mass is 16.5. The van der Waals surface area contributed by atoms with Crippen LogP contribution < -0.4 is 10.1 Å². The lowest BCUT2D eigenvalue weighted by Gasteiger charge is -2.32. The van der Waals surface area contributed by atoms with Crippen molar-refractivity contribution in [2.45, 2.75) is 45.0 Å². The molecule has 0 aromatic heterocycles. The minimum atomic E-state index is 0.174. The minimum absolute atomic E-state index is 0.174. The van der Waals surface area contributed by atoms with Crippen LogP contribution in [0.3, 0.4) is 0 Å². The average Bonchev–Trinajstić information content (AvgIpc) is 2.86. The molecule has 1 saturated heterocycles. The summed E-state index contributed by atoms with van der Waals surface area (Å²) < 4.78 is 18.0. The molecule has 33 heavy (non-hydrogen) atoms. The molecule has 0 aliphatic carbocycles. The van der Waals surface area contributed by atoms with Crippen LogP contribution in [0.4, 0.5) is 0 Å². The van der Waals surface area contributed by atoms with Gasteiger partial charge < -0.3 is 19.5 Å². The van der Waals surface area contributed by atoms with Crippen LogP contribution in [0, 0.1) is 6.92 Å². The monoisotopic (exact) mass is 445 g/mol. The lowest BCUT2D eigenvalue weighted by Crippen LogP contribution is -2.40. The zero-order valence-corrected chi connectivity index (χ0v) is 19.5. The molecule has 0 saturated carbocycles. The highest BCUT2D eigenvalue weighted by molar-refractivity contribution is 5.30. The molecule has 1 aliphatic heterocycles. The second-order valence-corrected chi connectivity index (χ2v) is 8.75. The number of aryl methyl sites for hydroxylation is 1. The first-order valence-electron chi connectivity index (χ1n) is 12.0. The van der Waals surface area contributed by atoms with Crippen LogP contribution in [0.15, 0.2) is 78.9 Å². The number of hydrogen-bond acceptors (Lipinski definition) is 4. The van der Waals surface area contributed by atoms with Crippen molar-refractivity contribution in [3.8, 4) is 5.75 Å². The molecule has 4 rings (SSSR count). The molecule has 4 heteroatoms. The minimum Gasteiger partial charge on any atom is -0.494 e. The molecule has 3 aromatic carbocycles. The maximum absolute atomic E-state index is 6.35. The van der Waals surface area contributed by atoms with Gasteiger partial charge in [0.15, 0.2) is 0 Å². The van der Waals surface area contributed by atoms with Crippen molar-refractivity contribution in [3.63, 3.8) is 0 Å². The van der Waals surface area contributed by atoms with Gasteiger partial charge in [-0.3, -0.25) is 0 Å². The summed E-state index contributed by atoms with van der Waals surface area (Å²) in [4.78, 5) is 0. The fourth-order valence-corrected chi connectivity index (χ4v) is 4.32. The van der Waals surface area contributed by atoms with E-state index in [1.165, 1.54) is 22.3 Å². The first-order chi connectivity index (χ1) is 16.3. The second kappa shape index (κ2) is 12.5. The third kappa shape index (κ3) is 7.43. The van der Waals surface area contributed by atoms with Crippen molar-refractivity contribution in [2.24, 2.45) is 0 Å². The van der Waals surface area contributed by atoms with E-state index in [0.717, 1.165) is 31.7 Å². The molecule has 2 unspecified atom stereocenters. The van der Waals surface area contributed by atoms with E-state index in [-0.39, 0.29) is 6.10 Å². The van der Waals surface area contributed by atoms with E-state index in [4.69, 9.17) is 14.2 Å². The number of nitrogens with one attached hydrogen (secondary N) is 1. The third-order valence-electron chi connectivity index (χ3n) is 6.09. The van der Waals surface area contributed by atoms with Crippen LogP contribution in [0.25, 0.3) is 0 Å². The number of benzene rings is 3. The zero-order valence-electron chi connectivity index (χ0n) is 19.5. The first-order valence-corrected chi connectivity index (χ1v) is 12.0. The van der Waals surface area contributed by atoms with Crippen molar-refractivity contribution in [2.75, 3.05) is 26.3 Å². The molecule has 4 nitrogen and oxygen atoms in total. The average molecular weight is 446 g/mol. The Balaban J connectivity index is 1.21.